The Morgan fingerprint density at radius 1 is 1.50 bits per heavy atom. The molecule has 30 heavy (non-hydrogen) atoms. The van der Waals surface area contributed by atoms with E-state index in [9.17, 15) is 24.7 Å². The third-order valence-corrected chi connectivity index (χ3v) is 7.95. The third-order valence-electron chi connectivity index (χ3n) is 4.01. The van der Waals surface area contributed by atoms with E-state index in [1.54, 1.807) is 11.5 Å². The normalized spacial score (nSPS) is 21.6. The number of amides is 2. The molecule has 15 heteroatoms. The number of nitrogens with zero attached hydrogens (tertiary/aromatic N) is 3. The molecule has 1 aromatic heterocycles. The number of nitrogens with one attached hydrogen (secondary N) is 1. The summed E-state index contributed by atoms with van der Waals surface area (Å²) in [5, 5.41) is 25.6. The van der Waals surface area contributed by atoms with Crippen LogP contribution >= 0.6 is 50.8 Å². The Morgan fingerprint density at radius 3 is 2.80 bits per heavy atom. The fraction of sp³-hybridized carbons (Fsp3) is 0.267. The molecule has 1 aromatic rings. The van der Waals surface area contributed by atoms with Crippen LogP contribution in [0.25, 0.3) is 0 Å². The van der Waals surface area contributed by atoms with Gasteiger partial charge in [0.05, 0.1) is 0 Å². The Morgan fingerprint density at radius 2 is 2.23 bits per heavy atom. The van der Waals surface area contributed by atoms with Gasteiger partial charge in [0.2, 0.25) is 0 Å². The number of carboxylic acids is 1. The smallest absolute Gasteiger partial charge is 0.353 e. The summed E-state index contributed by atoms with van der Waals surface area (Å²) in [4.78, 5) is 42.6. The molecule has 1 fully saturated rings. The van der Waals surface area contributed by atoms with E-state index in [-0.39, 0.29) is 16.5 Å². The maximum absolute atomic E-state index is 12.6. The highest BCUT2D eigenvalue weighted by molar-refractivity contribution is 9.11. The first-order valence-electron chi connectivity index (χ1n) is 8.18. The Bertz CT molecular complexity index is 993. The van der Waals surface area contributed by atoms with Crippen LogP contribution in [0.1, 0.15) is 5.69 Å². The van der Waals surface area contributed by atoms with Gasteiger partial charge in [-0.05, 0) is 21.3 Å². The van der Waals surface area contributed by atoms with Crippen molar-refractivity contribution in [2.24, 2.45) is 10.9 Å². The van der Waals surface area contributed by atoms with Crippen LogP contribution in [-0.4, -0.2) is 67.4 Å². The second-order valence-electron chi connectivity index (χ2n) is 5.79. The summed E-state index contributed by atoms with van der Waals surface area (Å²) < 4.78 is 0.389. The van der Waals surface area contributed by atoms with Gasteiger partial charge in [0, 0.05) is 17.2 Å². The summed E-state index contributed by atoms with van der Waals surface area (Å²) in [6, 6.07) is -0.977. The highest BCUT2D eigenvalue weighted by Crippen LogP contribution is 2.43. The highest BCUT2D eigenvalue weighted by atomic mass is 79.9. The monoisotopic (exact) mass is 534 g/mol. The van der Waals surface area contributed by atoms with Crippen molar-refractivity contribution in [2.75, 3.05) is 18.0 Å². The number of anilines is 1. The number of halogens is 1. The van der Waals surface area contributed by atoms with Gasteiger partial charge in [-0.25, -0.2) is 9.78 Å². The lowest BCUT2D eigenvalue weighted by molar-refractivity contribution is -0.150. The Hall–Kier alpha value is -2.07. The minimum absolute atomic E-state index is 0.0360. The fourth-order valence-electron chi connectivity index (χ4n) is 2.74. The number of carbonyl (C=O) groups is 3. The van der Waals surface area contributed by atoms with Crippen molar-refractivity contribution >= 4 is 79.4 Å². The number of thiazole rings is 1. The number of fused-ring (bicyclic) bond motifs is 1. The number of carbonyl (C=O) groups excluding carboxylic acids is 2. The van der Waals surface area contributed by atoms with Crippen molar-refractivity contribution in [1.29, 1.82) is 0 Å². The van der Waals surface area contributed by atoms with E-state index in [2.05, 4.69) is 31.4 Å². The number of nitrogen functional groups attached to an aromatic ring is 1. The molecule has 0 bridgehead atoms. The molecule has 7 N–H and O–H groups in total. The zero-order valence-corrected chi connectivity index (χ0v) is 19.0. The molecule has 0 radical (unpaired) electrons. The molecule has 0 aromatic carbocycles. The van der Waals surface area contributed by atoms with Crippen LogP contribution in [0.5, 0.6) is 0 Å². The molecule has 3 rings (SSSR count). The zero-order valence-electron chi connectivity index (χ0n) is 14.9. The summed E-state index contributed by atoms with van der Waals surface area (Å²) in [6.07, 6.45) is 1.67. The van der Waals surface area contributed by atoms with Crippen molar-refractivity contribution < 1.29 is 24.7 Å². The maximum atomic E-state index is 12.6. The van der Waals surface area contributed by atoms with E-state index < -0.39 is 34.9 Å². The van der Waals surface area contributed by atoms with E-state index in [4.69, 9.17) is 11.5 Å². The lowest BCUT2D eigenvalue weighted by Gasteiger charge is -2.49. The fourth-order valence-corrected chi connectivity index (χ4v) is 6.41. The lowest BCUT2D eigenvalue weighted by atomic mass is 10.0. The van der Waals surface area contributed by atoms with Crippen molar-refractivity contribution in [3.8, 4) is 0 Å². The van der Waals surface area contributed by atoms with Gasteiger partial charge in [0.1, 0.15) is 26.6 Å². The average Bonchev–Trinajstić information content (AvgIpc) is 3.03. The van der Waals surface area contributed by atoms with E-state index in [0.717, 1.165) is 16.2 Å². The van der Waals surface area contributed by atoms with E-state index >= 15 is 0 Å². The summed E-state index contributed by atoms with van der Waals surface area (Å²) in [5.74, 6) is -2.31. The second kappa shape index (κ2) is 9.38. The van der Waals surface area contributed by atoms with Gasteiger partial charge in [-0.2, -0.15) is 0 Å². The molecule has 0 saturated carbocycles. The number of β-lactam (4-membered cyclic amide) rings is 1. The van der Waals surface area contributed by atoms with Crippen LogP contribution in [0, 0.1) is 0 Å². The summed E-state index contributed by atoms with van der Waals surface area (Å²) in [5.41, 5.74) is 10.5. The van der Waals surface area contributed by atoms with Crippen molar-refractivity contribution in [3.63, 3.8) is 0 Å². The van der Waals surface area contributed by atoms with Gasteiger partial charge in [-0.15, -0.1) is 11.8 Å². The van der Waals surface area contributed by atoms with Crippen LogP contribution in [0.15, 0.2) is 31.0 Å². The minimum Gasteiger partial charge on any atom is -0.477 e. The Kier molecular flexibility index (Phi) is 7.07. The van der Waals surface area contributed by atoms with Crippen LogP contribution in [0.2, 0.25) is 0 Å². The van der Waals surface area contributed by atoms with Crippen molar-refractivity contribution in [3.05, 3.63) is 31.6 Å². The lowest BCUT2D eigenvalue weighted by Crippen LogP contribution is -2.71. The standard InChI is InChI=1S/C15H15BrN6O5S3/c16-10-6(20-15(18)30-10)7(21-27)11(23)19-8-12(24)22-9(14(25)26)5(4-29-13(8)22)28-3-1-2-17/h1,3,8,13,27H,2,4,17H2,(H2,18,20)(H,19,23)(H,25,26)/b3-1-,21-7-/t8?,13-/m1/s1. The third kappa shape index (κ3) is 4.20. The van der Waals surface area contributed by atoms with Crippen molar-refractivity contribution in [1.82, 2.24) is 15.2 Å². The van der Waals surface area contributed by atoms with Gasteiger partial charge in [-0.3, -0.25) is 14.5 Å². The molecule has 2 aliphatic rings. The Balaban J connectivity index is 1.78. The second-order valence-corrected chi connectivity index (χ2v) is 10.2. The zero-order chi connectivity index (χ0) is 22.0. The topological polar surface area (TPSA) is 184 Å². The van der Waals surface area contributed by atoms with Crippen LogP contribution in [-0.2, 0) is 14.4 Å². The van der Waals surface area contributed by atoms with E-state index in [1.165, 1.54) is 23.5 Å². The molecule has 160 valence electrons. The number of rotatable bonds is 7. The largest absolute Gasteiger partial charge is 0.477 e. The van der Waals surface area contributed by atoms with E-state index in [1.807, 2.05) is 0 Å². The molecule has 1 unspecified atom stereocenters. The summed E-state index contributed by atoms with van der Waals surface area (Å²) in [6.45, 7) is 0.310. The molecular weight excluding hydrogens is 520 g/mol. The molecule has 2 amide bonds. The number of oxime groups is 1. The minimum atomic E-state index is -1.23. The quantitative estimate of drug-likeness (QED) is 0.143. The number of aliphatic carboxylic acids is 1. The van der Waals surface area contributed by atoms with Gasteiger partial charge >= 0.3 is 5.97 Å². The van der Waals surface area contributed by atoms with Gasteiger partial charge in [0.25, 0.3) is 11.8 Å². The highest BCUT2D eigenvalue weighted by Gasteiger charge is 2.54. The molecule has 2 aliphatic heterocycles. The molecule has 3 heterocycles. The first kappa shape index (κ1) is 22.6. The van der Waals surface area contributed by atoms with Crippen molar-refractivity contribution in [2.45, 2.75) is 11.4 Å². The predicted octanol–water partition coefficient (Wildman–Crippen LogP) is 0.568. The molecule has 11 nitrogen and oxygen atoms in total. The average molecular weight is 535 g/mol. The number of hydrogen-bond donors (Lipinski definition) is 5. The summed E-state index contributed by atoms with van der Waals surface area (Å²) >= 11 is 6.73. The first-order valence-corrected chi connectivity index (χ1v) is 11.7. The summed E-state index contributed by atoms with van der Waals surface area (Å²) in [7, 11) is 0. The van der Waals surface area contributed by atoms with Crippen LogP contribution in [0.3, 0.4) is 0 Å². The first-order chi connectivity index (χ1) is 14.3. The molecule has 1 saturated heterocycles. The molecule has 0 aliphatic carbocycles. The maximum Gasteiger partial charge on any atom is 0.353 e. The van der Waals surface area contributed by atoms with E-state index in [0.29, 0.717) is 21.0 Å². The van der Waals surface area contributed by atoms with Gasteiger partial charge in [0.15, 0.2) is 10.8 Å². The van der Waals surface area contributed by atoms with Crippen LogP contribution < -0.4 is 16.8 Å². The number of aromatic nitrogens is 1. The SMILES string of the molecule is NC/C=C\SC1=C(C(=O)O)N2C(=O)C(NC(=O)/C(=N\O)c3nc(N)sc3Br)[C@H]2SC1. The predicted molar refractivity (Wildman–Crippen MR) is 118 cm³/mol. The number of hydrogen-bond acceptors (Lipinski definition) is 11. The molecular formula is C15H15BrN6O5S3. The van der Waals surface area contributed by atoms with Crippen LogP contribution in [0.4, 0.5) is 5.13 Å². The number of nitrogens with two attached hydrogens (primary N) is 2. The number of thioether (sulfide) groups is 2. The number of carboxylic acid groups (broad SMARTS) is 1. The molecule has 0 spiro atoms. The Labute approximate surface area is 190 Å². The van der Waals surface area contributed by atoms with Gasteiger partial charge < -0.3 is 27.1 Å². The molecule has 2 atom stereocenters. The van der Waals surface area contributed by atoms with Gasteiger partial charge in [-0.1, -0.05) is 34.3 Å².